The molecular formula is C3H8O6. The third-order valence-corrected chi connectivity index (χ3v) is 0.561. The summed E-state index contributed by atoms with van der Waals surface area (Å²) in [6.07, 6.45) is 0.446. The first kappa shape index (κ1) is 8.76. The molecular weight excluding hydrogens is 132 g/mol. The maximum atomic E-state index is 7.58. The summed E-state index contributed by atoms with van der Waals surface area (Å²) in [6.45, 7) is 0.333. The highest BCUT2D eigenvalue weighted by Crippen LogP contribution is 1.83. The number of hydrogen-bond acceptors (Lipinski definition) is 6. The van der Waals surface area contributed by atoms with Gasteiger partial charge in [0.05, 0.1) is 13.2 Å². The van der Waals surface area contributed by atoms with Crippen LogP contribution in [0.1, 0.15) is 6.42 Å². The fourth-order valence-electron chi connectivity index (χ4n) is 0.251. The van der Waals surface area contributed by atoms with Crippen LogP contribution in [0.3, 0.4) is 0 Å². The first-order valence-electron chi connectivity index (χ1n) is 2.28. The van der Waals surface area contributed by atoms with E-state index in [1.54, 1.807) is 0 Å². The lowest BCUT2D eigenvalue weighted by atomic mass is 10.5. The maximum Gasteiger partial charge on any atom is 0.0876 e. The molecule has 0 aromatic carbocycles. The normalized spacial score (nSPS) is 10.0. The Kier molecular flexibility index (Phi) is 7.55. The van der Waals surface area contributed by atoms with Gasteiger partial charge in [-0.2, -0.15) is 0 Å². The molecule has 0 amide bonds. The van der Waals surface area contributed by atoms with Crippen molar-refractivity contribution in [3.8, 4) is 0 Å². The molecule has 0 saturated heterocycles. The van der Waals surface area contributed by atoms with Crippen LogP contribution >= 0.6 is 0 Å². The van der Waals surface area contributed by atoms with Crippen LogP contribution in [0, 0.1) is 0 Å². The van der Waals surface area contributed by atoms with Gasteiger partial charge in [0.25, 0.3) is 0 Å². The molecule has 0 unspecified atom stereocenters. The highest BCUT2D eigenvalue weighted by molar-refractivity contribution is 4.25. The Hall–Kier alpha value is -0.240. The number of rotatable bonds is 6. The molecule has 0 aliphatic carbocycles. The average Bonchev–Trinajstić information content (AvgIpc) is 1.89. The lowest BCUT2D eigenvalue weighted by Crippen LogP contribution is -1.99. The van der Waals surface area contributed by atoms with Crippen LogP contribution in [-0.2, 0) is 19.9 Å². The zero-order chi connectivity index (χ0) is 6.95. The minimum Gasteiger partial charge on any atom is -0.221 e. The molecule has 6 heteroatoms. The van der Waals surface area contributed by atoms with Gasteiger partial charge in [0.15, 0.2) is 0 Å². The molecule has 0 fully saturated rings. The molecule has 56 valence electrons. The molecule has 2 N–H and O–H groups in total. The van der Waals surface area contributed by atoms with Crippen molar-refractivity contribution in [1.82, 2.24) is 0 Å². The summed E-state index contributed by atoms with van der Waals surface area (Å²) in [6, 6.07) is 0. The van der Waals surface area contributed by atoms with Gasteiger partial charge < -0.3 is 0 Å². The molecule has 0 aliphatic heterocycles. The summed E-state index contributed by atoms with van der Waals surface area (Å²) < 4.78 is 0. The van der Waals surface area contributed by atoms with Crippen molar-refractivity contribution >= 4 is 0 Å². The van der Waals surface area contributed by atoms with Crippen molar-refractivity contribution in [2.75, 3.05) is 13.2 Å². The molecule has 9 heavy (non-hydrogen) atoms. The van der Waals surface area contributed by atoms with Gasteiger partial charge in [-0.3, -0.25) is 0 Å². The zero-order valence-electron chi connectivity index (χ0n) is 4.65. The van der Waals surface area contributed by atoms with Crippen LogP contribution in [0.5, 0.6) is 0 Å². The Bertz CT molecular complexity index is 41.6. The van der Waals surface area contributed by atoms with Crippen molar-refractivity contribution in [3.63, 3.8) is 0 Å². The van der Waals surface area contributed by atoms with Gasteiger partial charge in [-0.1, -0.05) is 10.1 Å². The third kappa shape index (κ3) is 7.76. The second kappa shape index (κ2) is 7.76. The van der Waals surface area contributed by atoms with Crippen molar-refractivity contribution in [1.29, 1.82) is 0 Å². The Morgan fingerprint density at radius 1 is 0.889 bits per heavy atom. The van der Waals surface area contributed by atoms with Crippen LogP contribution < -0.4 is 0 Å². The van der Waals surface area contributed by atoms with Gasteiger partial charge in [-0.05, 0) is 0 Å². The van der Waals surface area contributed by atoms with E-state index in [4.69, 9.17) is 10.5 Å². The minimum atomic E-state index is 0.167. The lowest BCUT2D eigenvalue weighted by molar-refractivity contribution is -0.501. The quantitative estimate of drug-likeness (QED) is 0.312. The topological polar surface area (TPSA) is 77.4 Å². The third-order valence-electron chi connectivity index (χ3n) is 0.561. The first-order valence-corrected chi connectivity index (χ1v) is 2.28. The van der Waals surface area contributed by atoms with Crippen molar-refractivity contribution in [3.05, 3.63) is 0 Å². The van der Waals surface area contributed by atoms with E-state index in [1.807, 2.05) is 0 Å². The Balaban J connectivity index is 2.60. The van der Waals surface area contributed by atoms with Gasteiger partial charge in [0.2, 0.25) is 0 Å². The molecule has 0 rings (SSSR count). The van der Waals surface area contributed by atoms with E-state index < -0.39 is 0 Å². The molecule has 0 bridgehead atoms. The van der Waals surface area contributed by atoms with E-state index >= 15 is 0 Å². The SMILES string of the molecule is OOOCCCOOO. The van der Waals surface area contributed by atoms with Gasteiger partial charge in [-0.15, -0.1) is 0 Å². The largest absolute Gasteiger partial charge is 0.221 e. The average molecular weight is 140 g/mol. The van der Waals surface area contributed by atoms with Crippen molar-refractivity contribution in [2.24, 2.45) is 0 Å². The molecule has 0 heterocycles. The lowest BCUT2D eigenvalue weighted by Gasteiger charge is -1.95. The highest BCUT2D eigenvalue weighted by atomic mass is 17.5. The summed E-state index contributed by atoms with van der Waals surface area (Å²) in [5, 5.41) is 21.7. The maximum absolute atomic E-state index is 7.58. The minimum absolute atomic E-state index is 0.167. The van der Waals surface area contributed by atoms with E-state index in [9.17, 15) is 0 Å². The summed E-state index contributed by atoms with van der Waals surface area (Å²) in [5.41, 5.74) is 0. The fourth-order valence-corrected chi connectivity index (χ4v) is 0.251. The predicted molar refractivity (Wildman–Crippen MR) is 23.9 cm³/mol. The van der Waals surface area contributed by atoms with Gasteiger partial charge in [-0.25, -0.2) is 20.3 Å². The van der Waals surface area contributed by atoms with E-state index in [2.05, 4.69) is 19.9 Å². The second-order valence-corrected chi connectivity index (χ2v) is 1.15. The first-order chi connectivity index (χ1) is 4.41. The molecule has 0 aliphatic rings. The Morgan fingerprint density at radius 2 is 1.33 bits per heavy atom. The highest BCUT2D eigenvalue weighted by Gasteiger charge is 1.88. The summed E-state index contributed by atoms with van der Waals surface area (Å²) in [7, 11) is 0. The van der Waals surface area contributed by atoms with Crippen LogP contribution in [0.2, 0.25) is 0 Å². The molecule has 6 nitrogen and oxygen atoms in total. The van der Waals surface area contributed by atoms with Crippen LogP contribution in [0.4, 0.5) is 0 Å². The fraction of sp³-hybridized carbons (Fsp3) is 1.00. The van der Waals surface area contributed by atoms with Gasteiger partial charge >= 0.3 is 0 Å². The molecule has 0 aromatic rings. The van der Waals surface area contributed by atoms with Crippen LogP contribution in [0.15, 0.2) is 0 Å². The Morgan fingerprint density at radius 3 is 1.67 bits per heavy atom. The van der Waals surface area contributed by atoms with E-state index in [1.165, 1.54) is 0 Å². The molecule has 0 spiro atoms. The standard InChI is InChI=1S/C3H8O6/c4-8-6-2-1-3-7-9-5/h4-5H,1-3H2. The van der Waals surface area contributed by atoms with Crippen molar-refractivity contribution < 1.29 is 30.4 Å². The van der Waals surface area contributed by atoms with Crippen LogP contribution in [0.25, 0.3) is 0 Å². The molecule has 0 aromatic heterocycles. The Labute approximate surface area is 51.2 Å². The van der Waals surface area contributed by atoms with E-state index in [-0.39, 0.29) is 13.2 Å². The summed E-state index contributed by atoms with van der Waals surface area (Å²) >= 11 is 0. The molecule has 0 saturated carbocycles. The predicted octanol–water partition coefficient (Wildman–Crippen LogP) is 0.219. The van der Waals surface area contributed by atoms with E-state index in [0.29, 0.717) is 6.42 Å². The van der Waals surface area contributed by atoms with E-state index in [0.717, 1.165) is 0 Å². The summed E-state index contributed by atoms with van der Waals surface area (Å²) in [5.74, 6) is 0. The van der Waals surface area contributed by atoms with Gasteiger partial charge in [0.1, 0.15) is 0 Å². The molecule has 0 atom stereocenters. The smallest absolute Gasteiger partial charge is 0.0876 e. The van der Waals surface area contributed by atoms with Gasteiger partial charge in [0, 0.05) is 6.42 Å². The monoisotopic (exact) mass is 140 g/mol. The molecule has 0 radical (unpaired) electrons. The summed E-state index contributed by atoms with van der Waals surface area (Å²) in [4.78, 5) is 8.04. The zero-order valence-corrected chi connectivity index (χ0v) is 4.65. The second-order valence-electron chi connectivity index (χ2n) is 1.15. The van der Waals surface area contributed by atoms with Crippen LogP contribution in [-0.4, -0.2) is 23.7 Å². The van der Waals surface area contributed by atoms with Crippen molar-refractivity contribution in [2.45, 2.75) is 6.42 Å². The number of hydrogen-bond donors (Lipinski definition) is 2.